The van der Waals surface area contributed by atoms with Gasteiger partial charge in [-0.1, -0.05) is 48.5 Å². The van der Waals surface area contributed by atoms with Gasteiger partial charge in [-0.3, -0.25) is 4.79 Å². The highest BCUT2D eigenvalue weighted by Gasteiger charge is 2.09. The normalized spacial score (nSPS) is 11.9. The quantitative estimate of drug-likeness (QED) is 0.656. The van der Waals surface area contributed by atoms with E-state index < -0.39 is 0 Å². The standard InChI is InChI=1S/C22H20N2O2/c1-17(24-21(25)14-13-18-8-3-2-4-9-18)19-10-7-11-20(16-19)26-22-12-5-6-15-23-22/h2-17H,1H3,(H,24,25). The van der Waals surface area contributed by atoms with Crippen LogP contribution in [0.3, 0.4) is 0 Å². The summed E-state index contributed by atoms with van der Waals surface area (Å²) in [6.45, 7) is 1.94. The number of rotatable bonds is 6. The predicted molar refractivity (Wildman–Crippen MR) is 103 cm³/mol. The van der Waals surface area contributed by atoms with E-state index in [9.17, 15) is 4.79 Å². The zero-order chi connectivity index (χ0) is 18.2. The van der Waals surface area contributed by atoms with Crippen LogP contribution < -0.4 is 10.1 Å². The Balaban J connectivity index is 1.62. The summed E-state index contributed by atoms with van der Waals surface area (Å²) < 4.78 is 5.74. The van der Waals surface area contributed by atoms with Crippen LogP contribution >= 0.6 is 0 Å². The third-order valence-corrected chi connectivity index (χ3v) is 3.80. The minimum absolute atomic E-state index is 0.141. The smallest absolute Gasteiger partial charge is 0.244 e. The van der Waals surface area contributed by atoms with Crippen LogP contribution in [-0.4, -0.2) is 10.9 Å². The summed E-state index contributed by atoms with van der Waals surface area (Å²) in [5, 5.41) is 2.96. The summed E-state index contributed by atoms with van der Waals surface area (Å²) >= 11 is 0. The molecule has 0 aliphatic heterocycles. The fourth-order valence-corrected chi connectivity index (χ4v) is 2.46. The molecule has 0 spiro atoms. The van der Waals surface area contributed by atoms with Crippen LogP contribution in [0.5, 0.6) is 11.6 Å². The van der Waals surface area contributed by atoms with Crippen molar-refractivity contribution in [1.29, 1.82) is 0 Å². The van der Waals surface area contributed by atoms with Crippen molar-refractivity contribution in [3.63, 3.8) is 0 Å². The van der Waals surface area contributed by atoms with Crippen molar-refractivity contribution in [2.24, 2.45) is 0 Å². The topological polar surface area (TPSA) is 51.2 Å². The molecule has 130 valence electrons. The van der Waals surface area contributed by atoms with Gasteiger partial charge in [0.25, 0.3) is 0 Å². The Bertz CT molecular complexity index is 877. The maximum absolute atomic E-state index is 12.1. The molecular formula is C22H20N2O2. The predicted octanol–water partition coefficient (Wildman–Crippen LogP) is 4.76. The largest absolute Gasteiger partial charge is 0.439 e. The molecule has 1 atom stereocenters. The second kappa shape index (κ2) is 8.62. The van der Waals surface area contributed by atoms with Gasteiger partial charge in [-0.15, -0.1) is 0 Å². The summed E-state index contributed by atoms with van der Waals surface area (Å²) in [5.41, 5.74) is 1.95. The van der Waals surface area contributed by atoms with Crippen molar-refractivity contribution in [3.8, 4) is 11.6 Å². The molecular weight excluding hydrogens is 324 g/mol. The summed E-state index contributed by atoms with van der Waals surface area (Å²) in [6, 6.07) is 22.7. The average molecular weight is 344 g/mol. The van der Waals surface area contributed by atoms with E-state index in [4.69, 9.17) is 4.74 Å². The number of benzene rings is 2. The van der Waals surface area contributed by atoms with E-state index in [1.807, 2.05) is 73.7 Å². The number of hydrogen-bond acceptors (Lipinski definition) is 3. The van der Waals surface area contributed by atoms with E-state index in [1.165, 1.54) is 0 Å². The molecule has 0 saturated carbocycles. The number of ether oxygens (including phenoxy) is 1. The summed E-state index contributed by atoms with van der Waals surface area (Å²) in [5.74, 6) is 1.08. The maximum Gasteiger partial charge on any atom is 0.244 e. The summed E-state index contributed by atoms with van der Waals surface area (Å²) in [4.78, 5) is 16.3. The monoisotopic (exact) mass is 344 g/mol. The van der Waals surface area contributed by atoms with Gasteiger partial charge in [-0.2, -0.15) is 0 Å². The molecule has 0 radical (unpaired) electrons. The van der Waals surface area contributed by atoms with Crippen LogP contribution in [0.25, 0.3) is 6.08 Å². The first-order valence-corrected chi connectivity index (χ1v) is 8.43. The average Bonchev–Trinajstić information content (AvgIpc) is 2.68. The highest BCUT2D eigenvalue weighted by molar-refractivity contribution is 5.91. The lowest BCUT2D eigenvalue weighted by Gasteiger charge is -2.14. The number of carbonyl (C=O) groups excluding carboxylic acids is 1. The van der Waals surface area contributed by atoms with Gasteiger partial charge in [0, 0.05) is 18.3 Å². The molecule has 4 nitrogen and oxygen atoms in total. The Morgan fingerprint density at radius 3 is 2.62 bits per heavy atom. The van der Waals surface area contributed by atoms with Crippen molar-refractivity contribution in [2.75, 3.05) is 0 Å². The first-order valence-electron chi connectivity index (χ1n) is 8.43. The summed E-state index contributed by atoms with van der Waals surface area (Å²) in [7, 11) is 0. The number of pyridine rings is 1. The molecule has 1 heterocycles. The fourth-order valence-electron chi connectivity index (χ4n) is 2.46. The van der Waals surface area contributed by atoms with Gasteiger partial charge in [0.05, 0.1) is 6.04 Å². The Morgan fingerprint density at radius 2 is 1.85 bits per heavy atom. The van der Waals surface area contributed by atoms with E-state index >= 15 is 0 Å². The number of hydrogen-bond donors (Lipinski definition) is 1. The van der Waals surface area contributed by atoms with Crippen LogP contribution in [-0.2, 0) is 4.79 Å². The molecule has 1 aromatic heterocycles. The minimum atomic E-state index is -0.143. The molecule has 3 aromatic rings. The number of nitrogens with one attached hydrogen (secondary N) is 1. The van der Waals surface area contributed by atoms with E-state index in [0.29, 0.717) is 11.6 Å². The van der Waals surface area contributed by atoms with Crippen LogP contribution in [0.1, 0.15) is 24.1 Å². The first kappa shape index (κ1) is 17.4. The minimum Gasteiger partial charge on any atom is -0.439 e. The maximum atomic E-state index is 12.1. The molecule has 1 N–H and O–H groups in total. The molecule has 0 aliphatic carbocycles. The zero-order valence-electron chi connectivity index (χ0n) is 14.5. The van der Waals surface area contributed by atoms with E-state index in [1.54, 1.807) is 24.4 Å². The molecule has 3 rings (SSSR count). The molecule has 0 fully saturated rings. The lowest BCUT2D eigenvalue weighted by atomic mass is 10.1. The van der Waals surface area contributed by atoms with E-state index in [-0.39, 0.29) is 11.9 Å². The third-order valence-electron chi connectivity index (χ3n) is 3.80. The van der Waals surface area contributed by atoms with Crippen molar-refractivity contribution >= 4 is 12.0 Å². The molecule has 0 saturated heterocycles. The van der Waals surface area contributed by atoms with Gasteiger partial charge in [0.2, 0.25) is 11.8 Å². The number of nitrogens with zero attached hydrogens (tertiary/aromatic N) is 1. The Morgan fingerprint density at radius 1 is 1.04 bits per heavy atom. The molecule has 4 heteroatoms. The van der Waals surface area contributed by atoms with Crippen LogP contribution in [0.15, 0.2) is 85.1 Å². The molecule has 1 unspecified atom stereocenters. The molecule has 26 heavy (non-hydrogen) atoms. The van der Waals surface area contributed by atoms with Crippen molar-refractivity contribution < 1.29 is 9.53 Å². The second-order valence-corrected chi connectivity index (χ2v) is 5.82. The summed E-state index contributed by atoms with van der Waals surface area (Å²) in [6.07, 6.45) is 5.02. The lowest BCUT2D eigenvalue weighted by Crippen LogP contribution is -2.24. The van der Waals surface area contributed by atoms with Crippen molar-refractivity contribution in [1.82, 2.24) is 10.3 Å². The van der Waals surface area contributed by atoms with Gasteiger partial charge in [-0.05, 0) is 42.3 Å². The van der Waals surface area contributed by atoms with Crippen LogP contribution in [0.4, 0.5) is 0 Å². The SMILES string of the molecule is CC(NC(=O)C=Cc1ccccc1)c1cccc(Oc2ccccn2)c1. The number of aromatic nitrogens is 1. The van der Waals surface area contributed by atoms with Gasteiger partial charge < -0.3 is 10.1 Å². The highest BCUT2D eigenvalue weighted by atomic mass is 16.5. The van der Waals surface area contributed by atoms with Gasteiger partial charge in [0.15, 0.2) is 0 Å². The van der Waals surface area contributed by atoms with Crippen LogP contribution in [0.2, 0.25) is 0 Å². The fraction of sp³-hybridized carbons (Fsp3) is 0.0909. The van der Waals surface area contributed by atoms with Crippen molar-refractivity contribution in [3.05, 3.63) is 96.2 Å². The zero-order valence-corrected chi connectivity index (χ0v) is 14.5. The number of carbonyl (C=O) groups is 1. The molecule has 0 bridgehead atoms. The Labute approximate surface area is 153 Å². The first-order chi connectivity index (χ1) is 12.7. The van der Waals surface area contributed by atoms with E-state index in [2.05, 4.69) is 10.3 Å². The molecule has 1 amide bonds. The number of amides is 1. The van der Waals surface area contributed by atoms with Crippen LogP contribution in [0, 0.1) is 0 Å². The molecule has 0 aliphatic rings. The van der Waals surface area contributed by atoms with Gasteiger partial charge >= 0.3 is 0 Å². The van der Waals surface area contributed by atoms with Crippen molar-refractivity contribution in [2.45, 2.75) is 13.0 Å². The van der Waals surface area contributed by atoms with Gasteiger partial charge in [-0.25, -0.2) is 4.98 Å². The van der Waals surface area contributed by atoms with Gasteiger partial charge in [0.1, 0.15) is 5.75 Å². The highest BCUT2D eigenvalue weighted by Crippen LogP contribution is 2.23. The molecule has 2 aromatic carbocycles. The lowest BCUT2D eigenvalue weighted by molar-refractivity contribution is -0.117. The second-order valence-electron chi connectivity index (χ2n) is 5.82. The van der Waals surface area contributed by atoms with E-state index in [0.717, 1.165) is 11.1 Å². The Kier molecular flexibility index (Phi) is 5.78. The Hall–Kier alpha value is -3.40. The third kappa shape index (κ3) is 5.05.